The van der Waals surface area contributed by atoms with Crippen LogP contribution < -0.4 is 5.32 Å². The second-order valence-electron chi connectivity index (χ2n) is 5.10. The maximum absolute atomic E-state index is 9.98. The molecule has 5 unspecified atom stereocenters. The van der Waals surface area contributed by atoms with Gasteiger partial charge < -0.3 is 29.9 Å². The van der Waals surface area contributed by atoms with Gasteiger partial charge in [0.05, 0.1) is 18.5 Å². The van der Waals surface area contributed by atoms with Crippen LogP contribution in [-0.4, -0.2) is 57.7 Å². The van der Waals surface area contributed by atoms with Crippen LogP contribution in [0.15, 0.2) is 28.9 Å². The SMILES string of the molecule is OCC1OC(OC2=C[N]c3ccc(Br)cc32)C(O)C(O)C1O. The van der Waals surface area contributed by atoms with E-state index in [0.29, 0.717) is 17.0 Å². The fourth-order valence-corrected chi connectivity index (χ4v) is 2.76. The lowest BCUT2D eigenvalue weighted by atomic mass is 9.99. The van der Waals surface area contributed by atoms with Gasteiger partial charge in [-0.3, -0.25) is 5.32 Å². The summed E-state index contributed by atoms with van der Waals surface area (Å²) in [5, 5.41) is 42.8. The Labute approximate surface area is 134 Å². The molecule has 3 rings (SSSR count). The highest BCUT2D eigenvalue weighted by Gasteiger charge is 2.45. The Morgan fingerprint density at radius 3 is 2.68 bits per heavy atom. The van der Waals surface area contributed by atoms with Crippen LogP contribution in [0.5, 0.6) is 0 Å². The third-order valence-electron chi connectivity index (χ3n) is 3.64. The van der Waals surface area contributed by atoms with E-state index in [4.69, 9.17) is 14.6 Å². The summed E-state index contributed by atoms with van der Waals surface area (Å²) in [4.78, 5) is 0. The molecule has 1 fully saturated rings. The minimum atomic E-state index is -1.48. The number of aliphatic hydroxyl groups excluding tert-OH is 4. The molecule has 0 aromatic heterocycles. The highest BCUT2D eigenvalue weighted by Crippen LogP contribution is 2.35. The minimum Gasteiger partial charge on any atom is -0.460 e. The van der Waals surface area contributed by atoms with E-state index in [0.717, 1.165) is 4.47 Å². The number of nitrogens with zero attached hydrogens (tertiary/aromatic N) is 1. The van der Waals surface area contributed by atoms with Gasteiger partial charge in [0.1, 0.15) is 24.4 Å². The zero-order valence-electron chi connectivity index (χ0n) is 11.3. The standard InChI is InChI=1S/C14H15BrNO6/c15-6-1-2-8-7(3-6)9(4-16-8)21-14-13(20)12(19)11(18)10(5-17)22-14/h1-4,10-14,17-20H,5H2. The Hall–Kier alpha value is -1.16. The van der Waals surface area contributed by atoms with Crippen molar-refractivity contribution >= 4 is 27.4 Å². The average Bonchev–Trinajstić information content (AvgIpc) is 2.90. The van der Waals surface area contributed by atoms with E-state index in [1.54, 1.807) is 6.07 Å². The molecule has 0 bridgehead atoms. The van der Waals surface area contributed by atoms with Crippen LogP contribution in [0.4, 0.5) is 5.69 Å². The molecule has 2 aliphatic heterocycles. The molecule has 2 heterocycles. The molecular formula is C14H15BrNO6. The molecule has 8 heteroatoms. The Morgan fingerprint density at radius 1 is 1.18 bits per heavy atom. The number of hydrogen-bond acceptors (Lipinski definition) is 6. The van der Waals surface area contributed by atoms with Gasteiger partial charge in [0, 0.05) is 10.0 Å². The molecule has 0 amide bonds. The van der Waals surface area contributed by atoms with Crippen molar-refractivity contribution in [3.63, 3.8) is 0 Å². The number of hydrogen-bond donors (Lipinski definition) is 4. The second kappa shape index (κ2) is 6.15. The van der Waals surface area contributed by atoms with Crippen molar-refractivity contribution in [3.8, 4) is 0 Å². The van der Waals surface area contributed by atoms with Gasteiger partial charge in [0.15, 0.2) is 5.76 Å². The van der Waals surface area contributed by atoms with E-state index in [-0.39, 0.29) is 0 Å². The third kappa shape index (κ3) is 2.73. The van der Waals surface area contributed by atoms with E-state index >= 15 is 0 Å². The van der Waals surface area contributed by atoms with Gasteiger partial charge in [-0.1, -0.05) is 15.9 Å². The lowest BCUT2D eigenvalue weighted by Gasteiger charge is -2.39. The molecule has 0 saturated carbocycles. The number of halogens is 1. The fraction of sp³-hybridized carbons (Fsp3) is 0.429. The van der Waals surface area contributed by atoms with Gasteiger partial charge in [0.25, 0.3) is 0 Å². The molecule has 119 valence electrons. The average molecular weight is 373 g/mol. The molecular weight excluding hydrogens is 358 g/mol. The summed E-state index contributed by atoms with van der Waals surface area (Å²) in [6.45, 7) is -0.504. The molecule has 4 N–H and O–H groups in total. The summed E-state index contributed by atoms with van der Waals surface area (Å²) in [6.07, 6.45) is -5.08. The number of benzene rings is 1. The Kier molecular flexibility index (Phi) is 4.40. The molecule has 1 aromatic carbocycles. The Bertz CT molecular complexity index is 593. The first-order valence-electron chi connectivity index (χ1n) is 6.69. The molecule has 2 aliphatic rings. The van der Waals surface area contributed by atoms with Crippen molar-refractivity contribution in [2.75, 3.05) is 6.61 Å². The van der Waals surface area contributed by atoms with E-state index in [1.165, 1.54) is 6.20 Å². The zero-order valence-corrected chi connectivity index (χ0v) is 12.9. The van der Waals surface area contributed by atoms with Crippen molar-refractivity contribution in [1.29, 1.82) is 0 Å². The number of aliphatic hydroxyl groups is 4. The lowest BCUT2D eigenvalue weighted by Crippen LogP contribution is -2.59. The van der Waals surface area contributed by atoms with Gasteiger partial charge in [0.2, 0.25) is 6.29 Å². The van der Waals surface area contributed by atoms with Crippen molar-refractivity contribution in [3.05, 3.63) is 34.4 Å². The Balaban J connectivity index is 1.78. The quantitative estimate of drug-likeness (QED) is 0.585. The van der Waals surface area contributed by atoms with Gasteiger partial charge in [-0.05, 0) is 18.2 Å². The van der Waals surface area contributed by atoms with Crippen LogP contribution in [-0.2, 0) is 9.47 Å². The summed E-state index contributed by atoms with van der Waals surface area (Å²) >= 11 is 3.36. The lowest BCUT2D eigenvalue weighted by molar-refractivity contribution is -0.284. The van der Waals surface area contributed by atoms with Crippen LogP contribution in [0.3, 0.4) is 0 Å². The molecule has 1 saturated heterocycles. The highest BCUT2D eigenvalue weighted by molar-refractivity contribution is 9.10. The third-order valence-corrected chi connectivity index (χ3v) is 4.13. The van der Waals surface area contributed by atoms with Gasteiger partial charge in [-0.2, -0.15) is 0 Å². The largest absolute Gasteiger partial charge is 0.460 e. The summed E-state index contributed by atoms with van der Waals surface area (Å²) in [5.74, 6) is 0.376. The van der Waals surface area contributed by atoms with E-state index < -0.39 is 37.3 Å². The predicted molar refractivity (Wildman–Crippen MR) is 78.8 cm³/mol. The normalized spacial score (nSPS) is 33.9. The minimum absolute atomic E-state index is 0.376. The first kappa shape index (κ1) is 15.7. The number of fused-ring (bicyclic) bond motifs is 1. The number of ether oxygens (including phenoxy) is 2. The molecule has 0 aliphatic carbocycles. The fourth-order valence-electron chi connectivity index (χ4n) is 2.40. The molecule has 5 atom stereocenters. The van der Waals surface area contributed by atoms with E-state index in [1.807, 2.05) is 12.1 Å². The molecule has 22 heavy (non-hydrogen) atoms. The van der Waals surface area contributed by atoms with Crippen molar-refractivity contribution in [2.24, 2.45) is 0 Å². The summed E-state index contributed by atoms with van der Waals surface area (Å²) in [6, 6.07) is 5.45. The first-order chi connectivity index (χ1) is 10.5. The van der Waals surface area contributed by atoms with Crippen molar-refractivity contribution < 1.29 is 29.9 Å². The number of rotatable bonds is 3. The van der Waals surface area contributed by atoms with E-state index in [2.05, 4.69) is 21.2 Å². The maximum Gasteiger partial charge on any atom is 0.229 e. The molecule has 1 radical (unpaired) electrons. The predicted octanol–water partition coefficient (Wildman–Crippen LogP) is -0.187. The van der Waals surface area contributed by atoms with Crippen LogP contribution in [0, 0.1) is 0 Å². The van der Waals surface area contributed by atoms with Crippen LogP contribution in [0.25, 0.3) is 5.76 Å². The van der Waals surface area contributed by atoms with Crippen LogP contribution >= 0.6 is 15.9 Å². The second-order valence-corrected chi connectivity index (χ2v) is 6.01. The maximum atomic E-state index is 9.98. The summed E-state index contributed by atoms with van der Waals surface area (Å²) < 4.78 is 11.7. The first-order valence-corrected chi connectivity index (χ1v) is 7.48. The smallest absolute Gasteiger partial charge is 0.229 e. The van der Waals surface area contributed by atoms with Gasteiger partial charge >= 0.3 is 0 Å². The van der Waals surface area contributed by atoms with E-state index in [9.17, 15) is 15.3 Å². The topological polar surface area (TPSA) is 113 Å². The van der Waals surface area contributed by atoms with Crippen LogP contribution in [0.1, 0.15) is 5.56 Å². The zero-order chi connectivity index (χ0) is 15.9. The highest BCUT2D eigenvalue weighted by atomic mass is 79.9. The van der Waals surface area contributed by atoms with Crippen molar-refractivity contribution in [2.45, 2.75) is 30.7 Å². The molecule has 0 spiro atoms. The van der Waals surface area contributed by atoms with Gasteiger partial charge in [-0.15, -0.1) is 0 Å². The summed E-state index contributed by atoms with van der Waals surface area (Å²) in [5.41, 5.74) is 1.43. The van der Waals surface area contributed by atoms with Gasteiger partial charge in [-0.25, -0.2) is 0 Å². The summed E-state index contributed by atoms with van der Waals surface area (Å²) in [7, 11) is 0. The Morgan fingerprint density at radius 2 is 1.95 bits per heavy atom. The molecule has 1 aromatic rings. The monoisotopic (exact) mass is 372 g/mol. The molecule has 7 nitrogen and oxygen atoms in total. The van der Waals surface area contributed by atoms with Crippen molar-refractivity contribution in [1.82, 2.24) is 5.32 Å². The van der Waals surface area contributed by atoms with Crippen LogP contribution in [0.2, 0.25) is 0 Å².